The molecule has 3 heterocycles. The molecule has 0 bridgehead atoms. The predicted octanol–water partition coefficient (Wildman–Crippen LogP) is 2.15. The SMILES string of the molecule is CNc1nc(N[C@@H]2CCN(C)C2)nc2nc(OC)c(Cl)c(C)c12. The van der Waals surface area contributed by atoms with E-state index in [0.717, 1.165) is 30.5 Å². The van der Waals surface area contributed by atoms with Crippen LogP contribution in [0.4, 0.5) is 11.8 Å². The zero-order chi connectivity index (χ0) is 16.6. The fraction of sp³-hybridized carbons (Fsp3) is 0.533. The normalized spacial score (nSPS) is 18.4. The molecule has 1 aliphatic rings. The molecule has 1 aliphatic heterocycles. The third kappa shape index (κ3) is 2.98. The molecular weight excluding hydrogens is 316 g/mol. The standard InChI is InChI=1S/C15H21ClN6O/c1-8-10-12(17-2)20-15(18-9-5-6-22(3)7-9)21-13(10)19-14(23-4)11(8)16/h9H,5-7H2,1-4H3,(H2,17,18,19,20,21)/t9-/m1/s1. The molecule has 0 unspecified atom stereocenters. The summed E-state index contributed by atoms with van der Waals surface area (Å²) in [6.45, 7) is 3.97. The van der Waals surface area contributed by atoms with Gasteiger partial charge in [0, 0.05) is 19.6 Å². The molecule has 2 aromatic rings. The van der Waals surface area contributed by atoms with E-state index in [-0.39, 0.29) is 0 Å². The number of nitrogens with one attached hydrogen (secondary N) is 2. The van der Waals surface area contributed by atoms with E-state index in [9.17, 15) is 0 Å². The summed E-state index contributed by atoms with van der Waals surface area (Å²) in [6.07, 6.45) is 1.07. The molecular formula is C15H21ClN6O. The second-order valence-electron chi connectivity index (χ2n) is 5.80. The largest absolute Gasteiger partial charge is 0.480 e. The number of aryl methyl sites for hydroxylation is 1. The number of ether oxygens (including phenoxy) is 1. The van der Waals surface area contributed by atoms with Gasteiger partial charge in [-0.05, 0) is 32.5 Å². The molecule has 2 N–H and O–H groups in total. The Morgan fingerprint density at radius 2 is 2.09 bits per heavy atom. The average Bonchev–Trinajstić information content (AvgIpc) is 2.94. The highest BCUT2D eigenvalue weighted by molar-refractivity contribution is 6.33. The number of nitrogens with zero attached hydrogens (tertiary/aromatic N) is 4. The number of likely N-dealkylation sites (tertiary alicyclic amines) is 1. The van der Waals surface area contributed by atoms with E-state index in [1.54, 1.807) is 7.11 Å². The van der Waals surface area contributed by atoms with Gasteiger partial charge in [0.15, 0.2) is 5.65 Å². The lowest BCUT2D eigenvalue weighted by Gasteiger charge is -2.16. The van der Waals surface area contributed by atoms with Gasteiger partial charge in [-0.3, -0.25) is 0 Å². The molecule has 0 amide bonds. The third-order valence-corrected chi connectivity index (χ3v) is 4.59. The number of methoxy groups -OCH3 is 1. The first-order chi connectivity index (χ1) is 11.0. The van der Waals surface area contributed by atoms with Crippen LogP contribution in [0, 0.1) is 6.92 Å². The minimum Gasteiger partial charge on any atom is -0.480 e. The average molecular weight is 337 g/mol. The molecule has 0 spiro atoms. The number of anilines is 2. The number of hydrogen-bond donors (Lipinski definition) is 2. The zero-order valence-electron chi connectivity index (χ0n) is 13.8. The van der Waals surface area contributed by atoms with Gasteiger partial charge in [0.25, 0.3) is 0 Å². The van der Waals surface area contributed by atoms with Gasteiger partial charge in [-0.2, -0.15) is 15.0 Å². The second-order valence-corrected chi connectivity index (χ2v) is 6.17. The highest BCUT2D eigenvalue weighted by Gasteiger charge is 2.22. The van der Waals surface area contributed by atoms with Crippen LogP contribution >= 0.6 is 11.6 Å². The van der Waals surface area contributed by atoms with Crippen molar-refractivity contribution in [2.24, 2.45) is 0 Å². The van der Waals surface area contributed by atoms with Gasteiger partial charge in [-0.15, -0.1) is 0 Å². The number of pyridine rings is 1. The third-order valence-electron chi connectivity index (χ3n) is 4.14. The van der Waals surface area contributed by atoms with Crippen molar-refractivity contribution in [1.82, 2.24) is 19.9 Å². The molecule has 2 aromatic heterocycles. The van der Waals surface area contributed by atoms with Crippen LogP contribution in [-0.4, -0.2) is 60.2 Å². The van der Waals surface area contributed by atoms with E-state index in [1.807, 2.05) is 14.0 Å². The van der Waals surface area contributed by atoms with E-state index in [4.69, 9.17) is 16.3 Å². The topological polar surface area (TPSA) is 75.2 Å². The Morgan fingerprint density at radius 1 is 1.30 bits per heavy atom. The van der Waals surface area contributed by atoms with Crippen molar-refractivity contribution in [3.63, 3.8) is 0 Å². The second kappa shape index (κ2) is 6.33. The number of likely N-dealkylation sites (N-methyl/N-ethyl adjacent to an activating group) is 1. The Bertz CT molecular complexity index is 738. The Hall–Kier alpha value is -1.86. The predicted molar refractivity (Wildman–Crippen MR) is 92.7 cm³/mol. The maximum absolute atomic E-state index is 6.30. The van der Waals surface area contributed by atoms with Crippen molar-refractivity contribution >= 4 is 34.4 Å². The van der Waals surface area contributed by atoms with E-state index in [1.165, 1.54) is 0 Å². The maximum Gasteiger partial charge on any atom is 0.234 e. The van der Waals surface area contributed by atoms with Crippen LogP contribution in [0.1, 0.15) is 12.0 Å². The van der Waals surface area contributed by atoms with E-state index in [2.05, 4.69) is 37.5 Å². The molecule has 3 rings (SSSR count). The van der Waals surface area contributed by atoms with Crippen LogP contribution in [0.3, 0.4) is 0 Å². The molecule has 124 valence electrons. The van der Waals surface area contributed by atoms with Gasteiger partial charge in [-0.25, -0.2) is 0 Å². The van der Waals surface area contributed by atoms with Crippen molar-refractivity contribution in [3.05, 3.63) is 10.6 Å². The Balaban J connectivity index is 2.06. The highest BCUT2D eigenvalue weighted by Crippen LogP contribution is 2.34. The lowest BCUT2D eigenvalue weighted by atomic mass is 10.2. The molecule has 1 saturated heterocycles. The lowest BCUT2D eigenvalue weighted by Crippen LogP contribution is -2.24. The Kier molecular flexibility index (Phi) is 4.41. The van der Waals surface area contributed by atoms with Crippen LogP contribution in [-0.2, 0) is 0 Å². The van der Waals surface area contributed by atoms with Crippen molar-refractivity contribution in [2.75, 3.05) is 44.9 Å². The van der Waals surface area contributed by atoms with Gasteiger partial charge in [0.2, 0.25) is 11.8 Å². The molecule has 0 aliphatic carbocycles. The molecule has 7 nitrogen and oxygen atoms in total. The first-order valence-corrected chi connectivity index (χ1v) is 7.96. The minimum atomic E-state index is 0.345. The summed E-state index contributed by atoms with van der Waals surface area (Å²) in [5.74, 6) is 1.65. The maximum atomic E-state index is 6.30. The first-order valence-electron chi connectivity index (χ1n) is 7.58. The van der Waals surface area contributed by atoms with Crippen molar-refractivity contribution in [3.8, 4) is 5.88 Å². The van der Waals surface area contributed by atoms with Crippen LogP contribution in [0.5, 0.6) is 5.88 Å². The van der Waals surface area contributed by atoms with Crippen molar-refractivity contribution < 1.29 is 4.74 Å². The summed E-state index contributed by atoms with van der Waals surface area (Å²) in [5.41, 5.74) is 1.42. The molecule has 0 aromatic carbocycles. The van der Waals surface area contributed by atoms with Gasteiger partial charge in [0.1, 0.15) is 10.8 Å². The summed E-state index contributed by atoms with van der Waals surface area (Å²) in [4.78, 5) is 15.8. The summed E-state index contributed by atoms with van der Waals surface area (Å²) in [6, 6.07) is 0.345. The van der Waals surface area contributed by atoms with Crippen LogP contribution in [0.15, 0.2) is 0 Å². The zero-order valence-corrected chi connectivity index (χ0v) is 14.5. The van der Waals surface area contributed by atoms with Crippen LogP contribution in [0.2, 0.25) is 5.02 Å². The van der Waals surface area contributed by atoms with Gasteiger partial charge < -0.3 is 20.3 Å². The lowest BCUT2D eigenvalue weighted by molar-refractivity contribution is 0.399. The minimum absolute atomic E-state index is 0.345. The Morgan fingerprint density at radius 3 is 2.70 bits per heavy atom. The van der Waals surface area contributed by atoms with Crippen LogP contribution in [0.25, 0.3) is 11.0 Å². The van der Waals surface area contributed by atoms with Crippen molar-refractivity contribution in [1.29, 1.82) is 0 Å². The van der Waals surface area contributed by atoms with E-state index < -0.39 is 0 Å². The number of fused-ring (bicyclic) bond motifs is 1. The molecule has 8 heteroatoms. The summed E-state index contributed by atoms with van der Waals surface area (Å²) in [5, 5.41) is 7.80. The molecule has 0 radical (unpaired) electrons. The van der Waals surface area contributed by atoms with Gasteiger partial charge in [0.05, 0.1) is 12.5 Å². The first kappa shape index (κ1) is 16.0. The fourth-order valence-electron chi connectivity index (χ4n) is 2.91. The molecule has 0 saturated carbocycles. The highest BCUT2D eigenvalue weighted by atomic mass is 35.5. The van der Waals surface area contributed by atoms with Crippen LogP contribution < -0.4 is 15.4 Å². The summed E-state index contributed by atoms with van der Waals surface area (Å²) < 4.78 is 5.24. The molecule has 1 atom stereocenters. The fourth-order valence-corrected chi connectivity index (χ4v) is 3.12. The van der Waals surface area contributed by atoms with E-state index >= 15 is 0 Å². The quantitative estimate of drug-likeness (QED) is 0.886. The number of hydrogen-bond acceptors (Lipinski definition) is 7. The van der Waals surface area contributed by atoms with Crippen molar-refractivity contribution in [2.45, 2.75) is 19.4 Å². The van der Waals surface area contributed by atoms with E-state index in [0.29, 0.717) is 34.4 Å². The van der Waals surface area contributed by atoms with Gasteiger partial charge >= 0.3 is 0 Å². The molecule has 1 fully saturated rings. The number of halogens is 1. The number of aromatic nitrogens is 3. The number of rotatable bonds is 4. The molecule has 23 heavy (non-hydrogen) atoms. The summed E-state index contributed by atoms with van der Waals surface area (Å²) >= 11 is 6.30. The summed E-state index contributed by atoms with van der Waals surface area (Å²) in [7, 11) is 5.49. The smallest absolute Gasteiger partial charge is 0.234 e. The van der Waals surface area contributed by atoms with Gasteiger partial charge in [-0.1, -0.05) is 11.6 Å². The Labute approximate surface area is 140 Å². The monoisotopic (exact) mass is 336 g/mol.